The highest BCUT2D eigenvalue weighted by Gasteiger charge is 2.10. The molecule has 0 atom stereocenters. The zero-order valence-corrected chi connectivity index (χ0v) is 7.35. The molecule has 0 radical (unpaired) electrons. The van der Waals surface area contributed by atoms with E-state index >= 15 is 0 Å². The van der Waals surface area contributed by atoms with Crippen LogP contribution < -0.4 is 5.56 Å². The molecule has 0 aliphatic heterocycles. The van der Waals surface area contributed by atoms with Crippen LogP contribution in [0.4, 0.5) is 0 Å². The van der Waals surface area contributed by atoms with Gasteiger partial charge in [-0.1, -0.05) is 0 Å². The molecule has 0 aromatic carbocycles. The van der Waals surface area contributed by atoms with E-state index in [1.165, 1.54) is 11.6 Å². The predicted octanol–water partition coefficient (Wildman–Crippen LogP) is -0.191. The van der Waals surface area contributed by atoms with Crippen LogP contribution in [0.3, 0.4) is 0 Å². The summed E-state index contributed by atoms with van der Waals surface area (Å²) in [5, 5.41) is 2.66. The van der Waals surface area contributed by atoms with Gasteiger partial charge in [0.15, 0.2) is 11.3 Å². The molecule has 72 valence electrons. The lowest BCUT2D eigenvalue weighted by Crippen LogP contribution is -2.18. The molecule has 2 aromatic rings. The number of methoxy groups -OCH3 is 1. The number of carbonyl (C=O) groups is 1. The van der Waals surface area contributed by atoms with Gasteiger partial charge in [-0.15, -0.1) is 0 Å². The second-order valence-corrected chi connectivity index (χ2v) is 2.63. The van der Waals surface area contributed by atoms with E-state index in [9.17, 15) is 9.59 Å². The van der Waals surface area contributed by atoms with Crippen molar-refractivity contribution in [3.8, 4) is 0 Å². The highest BCUT2D eigenvalue weighted by molar-refractivity contribution is 5.87. The topological polar surface area (TPSA) is 76.5 Å². The summed E-state index contributed by atoms with van der Waals surface area (Å²) in [5.41, 5.74) is 0.0513. The van der Waals surface area contributed by atoms with Crippen molar-refractivity contribution in [2.24, 2.45) is 0 Å². The number of hydrogen-bond acceptors (Lipinski definition) is 4. The average Bonchev–Trinajstić information content (AvgIpc) is 2.64. The van der Waals surface area contributed by atoms with Gasteiger partial charge in [-0.2, -0.15) is 0 Å². The van der Waals surface area contributed by atoms with E-state index < -0.39 is 5.97 Å². The largest absolute Gasteiger partial charge is 0.464 e. The first kappa shape index (κ1) is 8.49. The van der Waals surface area contributed by atoms with Gasteiger partial charge in [-0.05, 0) is 0 Å². The highest BCUT2D eigenvalue weighted by atomic mass is 16.5. The third-order valence-corrected chi connectivity index (χ3v) is 1.78. The molecular weight excluding hydrogens is 186 g/mol. The summed E-state index contributed by atoms with van der Waals surface area (Å²) in [4.78, 5) is 26.4. The molecule has 6 heteroatoms. The fourth-order valence-corrected chi connectivity index (χ4v) is 1.14. The number of H-pyrrole nitrogens is 1. The first-order valence-corrected chi connectivity index (χ1v) is 3.88. The molecule has 0 bridgehead atoms. The zero-order valence-electron chi connectivity index (χ0n) is 7.35. The van der Waals surface area contributed by atoms with E-state index in [1.807, 2.05) is 0 Å². The van der Waals surface area contributed by atoms with Crippen LogP contribution >= 0.6 is 0 Å². The molecule has 0 saturated heterocycles. The summed E-state index contributed by atoms with van der Waals surface area (Å²) in [6.45, 7) is 0. The minimum atomic E-state index is -0.620. The van der Waals surface area contributed by atoms with Gasteiger partial charge in [0.25, 0.3) is 5.56 Å². The molecule has 0 aliphatic carbocycles. The lowest BCUT2D eigenvalue weighted by molar-refractivity contribution is 0.0594. The van der Waals surface area contributed by atoms with E-state index in [0.29, 0.717) is 5.65 Å². The SMILES string of the molecule is COC(=O)c1cc(=O)n2[nH]ccc2n1. The Morgan fingerprint density at radius 2 is 2.43 bits per heavy atom. The van der Waals surface area contributed by atoms with Gasteiger partial charge in [-0.3, -0.25) is 9.89 Å². The van der Waals surface area contributed by atoms with Gasteiger partial charge >= 0.3 is 5.97 Å². The number of hydrogen-bond donors (Lipinski definition) is 1. The normalized spacial score (nSPS) is 10.4. The Balaban J connectivity index is 2.70. The molecule has 0 unspecified atom stereocenters. The molecule has 1 N–H and O–H groups in total. The lowest BCUT2D eigenvalue weighted by Gasteiger charge is -1.97. The van der Waals surface area contributed by atoms with Crippen LogP contribution in [0, 0.1) is 0 Å². The summed E-state index contributed by atoms with van der Waals surface area (Å²) in [6.07, 6.45) is 1.56. The Morgan fingerprint density at radius 3 is 3.14 bits per heavy atom. The Morgan fingerprint density at radius 1 is 1.64 bits per heavy atom. The van der Waals surface area contributed by atoms with E-state index in [-0.39, 0.29) is 11.3 Å². The maximum atomic E-state index is 11.4. The number of rotatable bonds is 1. The second-order valence-electron chi connectivity index (χ2n) is 2.63. The number of nitrogens with one attached hydrogen (secondary N) is 1. The molecule has 0 aliphatic rings. The number of fused-ring (bicyclic) bond motifs is 1. The first-order chi connectivity index (χ1) is 6.72. The van der Waals surface area contributed by atoms with Gasteiger partial charge in [0.2, 0.25) is 0 Å². The Hall–Kier alpha value is -2.11. The molecular formula is C8H7N3O3. The number of esters is 1. The van der Waals surface area contributed by atoms with E-state index in [4.69, 9.17) is 0 Å². The number of aromatic amines is 1. The predicted molar refractivity (Wildman–Crippen MR) is 47.2 cm³/mol. The summed E-state index contributed by atoms with van der Waals surface area (Å²) in [7, 11) is 1.24. The summed E-state index contributed by atoms with van der Waals surface area (Å²) < 4.78 is 5.69. The summed E-state index contributed by atoms with van der Waals surface area (Å²) in [5.74, 6) is -0.620. The Kier molecular flexibility index (Phi) is 1.81. The van der Waals surface area contributed by atoms with Gasteiger partial charge in [0.1, 0.15) is 0 Å². The fourth-order valence-electron chi connectivity index (χ4n) is 1.14. The number of nitrogens with zero attached hydrogens (tertiary/aromatic N) is 2. The van der Waals surface area contributed by atoms with Crippen molar-refractivity contribution < 1.29 is 9.53 Å². The Bertz CT molecular complexity index is 540. The van der Waals surface area contributed by atoms with Crippen molar-refractivity contribution >= 4 is 11.6 Å². The standard InChI is InChI=1S/C8H7N3O3/c1-14-8(13)5-4-7(12)11-6(10-5)2-3-9-11/h2-4,9H,1H3. The van der Waals surface area contributed by atoms with Crippen LogP contribution in [-0.2, 0) is 4.74 Å². The fraction of sp³-hybridized carbons (Fsp3) is 0.125. The third kappa shape index (κ3) is 1.17. The van der Waals surface area contributed by atoms with Gasteiger partial charge in [0, 0.05) is 18.3 Å². The van der Waals surface area contributed by atoms with Crippen LogP contribution in [0.25, 0.3) is 5.65 Å². The minimum Gasteiger partial charge on any atom is -0.464 e. The van der Waals surface area contributed by atoms with Gasteiger partial charge < -0.3 is 4.74 Å². The maximum Gasteiger partial charge on any atom is 0.356 e. The van der Waals surface area contributed by atoms with E-state index in [1.54, 1.807) is 12.3 Å². The van der Waals surface area contributed by atoms with E-state index in [2.05, 4.69) is 14.8 Å². The molecule has 2 rings (SSSR count). The van der Waals surface area contributed by atoms with Crippen molar-refractivity contribution in [1.29, 1.82) is 0 Å². The summed E-state index contributed by atoms with van der Waals surface area (Å²) in [6, 6.07) is 2.71. The molecule has 0 spiro atoms. The highest BCUT2D eigenvalue weighted by Crippen LogP contribution is 1.98. The molecule has 14 heavy (non-hydrogen) atoms. The van der Waals surface area contributed by atoms with Crippen LogP contribution in [-0.4, -0.2) is 27.7 Å². The third-order valence-electron chi connectivity index (χ3n) is 1.78. The first-order valence-electron chi connectivity index (χ1n) is 3.88. The van der Waals surface area contributed by atoms with Crippen LogP contribution in [0.2, 0.25) is 0 Å². The quantitative estimate of drug-likeness (QED) is 0.637. The van der Waals surface area contributed by atoms with Crippen LogP contribution in [0.1, 0.15) is 10.5 Å². The van der Waals surface area contributed by atoms with Crippen molar-refractivity contribution in [2.75, 3.05) is 7.11 Å². The Labute approximate surface area is 78.1 Å². The second kappa shape index (κ2) is 2.99. The molecule has 6 nitrogen and oxygen atoms in total. The number of carbonyl (C=O) groups excluding carboxylic acids is 1. The van der Waals surface area contributed by atoms with E-state index in [0.717, 1.165) is 6.07 Å². The lowest BCUT2D eigenvalue weighted by atomic mass is 10.4. The van der Waals surface area contributed by atoms with Crippen molar-refractivity contribution in [1.82, 2.24) is 14.6 Å². The number of ether oxygens (including phenoxy) is 1. The van der Waals surface area contributed by atoms with Gasteiger partial charge in [0.05, 0.1) is 7.11 Å². The molecule has 0 amide bonds. The molecule has 2 heterocycles. The van der Waals surface area contributed by atoms with Crippen molar-refractivity contribution in [3.05, 3.63) is 34.4 Å². The minimum absolute atomic E-state index is 0.0112. The monoisotopic (exact) mass is 193 g/mol. The zero-order chi connectivity index (χ0) is 10.1. The smallest absolute Gasteiger partial charge is 0.356 e. The molecule has 2 aromatic heterocycles. The van der Waals surface area contributed by atoms with Gasteiger partial charge in [-0.25, -0.2) is 14.3 Å². The number of aromatic nitrogens is 3. The van der Waals surface area contributed by atoms with Crippen LogP contribution in [0.15, 0.2) is 23.1 Å². The summed E-state index contributed by atoms with van der Waals surface area (Å²) >= 11 is 0. The van der Waals surface area contributed by atoms with Crippen LogP contribution in [0.5, 0.6) is 0 Å². The maximum absolute atomic E-state index is 11.4. The molecule has 0 saturated carbocycles. The van der Waals surface area contributed by atoms with Crippen molar-refractivity contribution in [2.45, 2.75) is 0 Å². The van der Waals surface area contributed by atoms with Crippen molar-refractivity contribution in [3.63, 3.8) is 0 Å². The average molecular weight is 193 g/mol. The molecule has 0 fully saturated rings.